The molecule has 0 aliphatic rings. The lowest BCUT2D eigenvalue weighted by molar-refractivity contribution is 0.0944. The number of ether oxygens (including phenoxy) is 1. The van der Waals surface area contributed by atoms with E-state index in [4.69, 9.17) is 4.74 Å². The topological polar surface area (TPSA) is 79.9 Å². The van der Waals surface area contributed by atoms with E-state index >= 15 is 0 Å². The van der Waals surface area contributed by atoms with Crippen LogP contribution in [-0.4, -0.2) is 28.2 Å². The fourth-order valence-electron chi connectivity index (χ4n) is 2.84. The van der Waals surface area contributed by atoms with Gasteiger partial charge in [0.25, 0.3) is 5.91 Å². The van der Waals surface area contributed by atoms with Gasteiger partial charge in [-0.25, -0.2) is 4.98 Å². The second-order valence-corrected chi connectivity index (χ2v) is 7.19. The van der Waals surface area contributed by atoms with Crippen LogP contribution in [0.4, 0.5) is 0 Å². The standard InChI is InChI=1S/C20H18N4O2S/c1-12(13-4-3-5-16(8-13)26-2)23-19(25)18-9-14-6-7-17(24-20(14)27-18)15-10-21-22-11-15/h3-12H,1-2H3,(H,21,22)(H,23,25). The van der Waals surface area contributed by atoms with E-state index in [0.717, 1.165) is 32.8 Å². The van der Waals surface area contributed by atoms with Crippen molar-refractivity contribution in [3.05, 3.63) is 65.3 Å². The Kier molecular flexibility index (Phi) is 4.60. The van der Waals surface area contributed by atoms with Crippen LogP contribution in [0.2, 0.25) is 0 Å². The zero-order chi connectivity index (χ0) is 18.8. The van der Waals surface area contributed by atoms with Crippen molar-refractivity contribution < 1.29 is 9.53 Å². The molecule has 6 nitrogen and oxygen atoms in total. The lowest BCUT2D eigenvalue weighted by Gasteiger charge is -2.14. The number of methoxy groups -OCH3 is 1. The molecule has 0 saturated heterocycles. The molecule has 0 bridgehead atoms. The molecule has 1 atom stereocenters. The summed E-state index contributed by atoms with van der Waals surface area (Å²) >= 11 is 1.38. The smallest absolute Gasteiger partial charge is 0.261 e. The van der Waals surface area contributed by atoms with Crippen LogP contribution in [-0.2, 0) is 0 Å². The number of amides is 1. The maximum absolute atomic E-state index is 12.7. The van der Waals surface area contributed by atoms with Crippen LogP contribution >= 0.6 is 11.3 Å². The highest BCUT2D eigenvalue weighted by Gasteiger charge is 2.15. The average molecular weight is 378 g/mol. The molecule has 3 aromatic heterocycles. The van der Waals surface area contributed by atoms with Crippen molar-refractivity contribution in [3.63, 3.8) is 0 Å². The largest absolute Gasteiger partial charge is 0.497 e. The third-order valence-corrected chi connectivity index (χ3v) is 5.39. The number of carbonyl (C=O) groups is 1. The fourth-order valence-corrected chi connectivity index (χ4v) is 3.78. The number of rotatable bonds is 5. The molecule has 7 heteroatoms. The molecule has 0 aliphatic carbocycles. The Labute approximate surface area is 160 Å². The summed E-state index contributed by atoms with van der Waals surface area (Å²) in [6.07, 6.45) is 3.52. The molecule has 4 aromatic rings. The molecule has 0 aliphatic heterocycles. The van der Waals surface area contributed by atoms with Crippen molar-refractivity contribution in [1.82, 2.24) is 20.5 Å². The first kappa shape index (κ1) is 17.2. The minimum Gasteiger partial charge on any atom is -0.497 e. The number of thiophene rings is 1. The number of hydrogen-bond donors (Lipinski definition) is 2. The summed E-state index contributed by atoms with van der Waals surface area (Å²) in [4.78, 5) is 18.8. The third kappa shape index (κ3) is 3.54. The summed E-state index contributed by atoms with van der Waals surface area (Å²) in [7, 11) is 1.63. The van der Waals surface area contributed by atoms with Crippen LogP contribution in [0, 0.1) is 0 Å². The van der Waals surface area contributed by atoms with Crippen molar-refractivity contribution in [1.29, 1.82) is 0 Å². The van der Waals surface area contributed by atoms with Gasteiger partial charge in [-0.2, -0.15) is 5.10 Å². The number of aromatic nitrogens is 3. The van der Waals surface area contributed by atoms with Gasteiger partial charge < -0.3 is 10.1 Å². The molecule has 0 spiro atoms. The van der Waals surface area contributed by atoms with E-state index in [0.29, 0.717) is 4.88 Å². The van der Waals surface area contributed by atoms with Gasteiger partial charge in [-0.15, -0.1) is 11.3 Å². The molecule has 2 N–H and O–H groups in total. The van der Waals surface area contributed by atoms with Gasteiger partial charge in [-0.3, -0.25) is 9.89 Å². The maximum Gasteiger partial charge on any atom is 0.261 e. The highest BCUT2D eigenvalue weighted by atomic mass is 32.1. The minimum atomic E-state index is -0.132. The van der Waals surface area contributed by atoms with E-state index in [1.165, 1.54) is 11.3 Å². The first-order valence-electron chi connectivity index (χ1n) is 8.48. The van der Waals surface area contributed by atoms with E-state index < -0.39 is 0 Å². The maximum atomic E-state index is 12.7. The van der Waals surface area contributed by atoms with Gasteiger partial charge in [-0.05, 0) is 42.8 Å². The second kappa shape index (κ2) is 7.20. The number of H-pyrrole nitrogens is 1. The lowest BCUT2D eigenvalue weighted by atomic mass is 10.1. The van der Waals surface area contributed by atoms with Gasteiger partial charge in [-0.1, -0.05) is 12.1 Å². The van der Waals surface area contributed by atoms with Crippen LogP contribution in [0.25, 0.3) is 21.5 Å². The highest BCUT2D eigenvalue weighted by molar-refractivity contribution is 7.20. The zero-order valence-electron chi connectivity index (χ0n) is 14.9. The number of nitrogens with zero attached hydrogens (tertiary/aromatic N) is 2. The lowest BCUT2D eigenvalue weighted by Crippen LogP contribution is -2.25. The molecule has 136 valence electrons. The van der Waals surface area contributed by atoms with Gasteiger partial charge >= 0.3 is 0 Å². The molecule has 1 unspecified atom stereocenters. The number of aromatic amines is 1. The summed E-state index contributed by atoms with van der Waals surface area (Å²) < 4.78 is 5.25. The van der Waals surface area contributed by atoms with Gasteiger partial charge in [0.1, 0.15) is 10.6 Å². The Morgan fingerprint density at radius 2 is 2.15 bits per heavy atom. The summed E-state index contributed by atoms with van der Waals surface area (Å²) in [5, 5.41) is 10.7. The van der Waals surface area contributed by atoms with Gasteiger partial charge in [0.05, 0.1) is 29.9 Å². The Bertz CT molecular complexity index is 1090. The quantitative estimate of drug-likeness (QED) is 0.546. The van der Waals surface area contributed by atoms with E-state index in [1.807, 2.05) is 49.4 Å². The van der Waals surface area contributed by atoms with Crippen LogP contribution in [0.15, 0.2) is 54.9 Å². The van der Waals surface area contributed by atoms with Crippen molar-refractivity contribution in [2.75, 3.05) is 7.11 Å². The summed E-state index contributed by atoms with van der Waals surface area (Å²) in [5.41, 5.74) is 2.74. The minimum absolute atomic E-state index is 0.113. The van der Waals surface area contributed by atoms with Crippen LogP contribution in [0.5, 0.6) is 5.75 Å². The first-order chi connectivity index (χ1) is 13.1. The Morgan fingerprint density at radius 3 is 2.93 bits per heavy atom. The van der Waals surface area contributed by atoms with E-state index in [9.17, 15) is 4.79 Å². The Balaban J connectivity index is 1.55. The SMILES string of the molecule is COc1cccc(C(C)NC(=O)c2cc3ccc(-c4cn[nH]c4)nc3s2)c1. The first-order valence-corrected chi connectivity index (χ1v) is 9.30. The van der Waals surface area contributed by atoms with Crippen molar-refractivity contribution >= 4 is 27.5 Å². The number of pyridine rings is 1. The summed E-state index contributed by atoms with van der Waals surface area (Å²) in [5.74, 6) is 0.657. The number of benzene rings is 1. The number of carbonyl (C=O) groups excluding carboxylic acids is 1. The van der Waals surface area contributed by atoms with Crippen LogP contribution in [0.3, 0.4) is 0 Å². The molecule has 0 fully saturated rings. The molecular formula is C20H18N4O2S. The predicted molar refractivity (Wildman–Crippen MR) is 106 cm³/mol. The fraction of sp³-hybridized carbons (Fsp3) is 0.150. The Hall–Kier alpha value is -3.19. The van der Waals surface area contributed by atoms with Gasteiger partial charge in [0, 0.05) is 17.1 Å². The molecule has 0 radical (unpaired) electrons. The van der Waals surface area contributed by atoms with E-state index in [-0.39, 0.29) is 11.9 Å². The molecule has 3 heterocycles. The Morgan fingerprint density at radius 1 is 1.26 bits per heavy atom. The normalized spacial score (nSPS) is 12.1. The average Bonchev–Trinajstić information content (AvgIpc) is 3.37. The monoisotopic (exact) mass is 378 g/mol. The second-order valence-electron chi connectivity index (χ2n) is 6.16. The summed E-state index contributed by atoms with van der Waals surface area (Å²) in [6, 6.07) is 13.3. The predicted octanol–water partition coefficient (Wildman–Crippen LogP) is 4.19. The van der Waals surface area contributed by atoms with Gasteiger partial charge in [0.15, 0.2) is 0 Å². The molecule has 0 saturated carbocycles. The van der Waals surface area contributed by atoms with Crippen molar-refractivity contribution in [2.45, 2.75) is 13.0 Å². The third-order valence-electron chi connectivity index (χ3n) is 4.34. The highest BCUT2D eigenvalue weighted by Crippen LogP contribution is 2.28. The van der Waals surface area contributed by atoms with Crippen LogP contribution < -0.4 is 10.1 Å². The number of hydrogen-bond acceptors (Lipinski definition) is 5. The molecule has 1 aromatic carbocycles. The van der Waals surface area contributed by atoms with Crippen molar-refractivity contribution in [3.8, 4) is 17.0 Å². The van der Waals surface area contributed by atoms with E-state index in [1.54, 1.807) is 19.5 Å². The summed E-state index contributed by atoms with van der Waals surface area (Å²) in [6.45, 7) is 1.95. The zero-order valence-corrected chi connectivity index (χ0v) is 15.7. The number of fused-ring (bicyclic) bond motifs is 1. The van der Waals surface area contributed by atoms with Gasteiger partial charge in [0.2, 0.25) is 0 Å². The van der Waals surface area contributed by atoms with E-state index in [2.05, 4.69) is 20.5 Å². The van der Waals surface area contributed by atoms with Crippen molar-refractivity contribution in [2.24, 2.45) is 0 Å². The molecule has 1 amide bonds. The number of nitrogens with one attached hydrogen (secondary N) is 2. The molecule has 4 rings (SSSR count). The van der Waals surface area contributed by atoms with Crippen LogP contribution in [0.1, 0.15) is 28.2 Å². The molecular weight excluding hydrogens is 360 g/mol. The molecule has 27 heavy (non-hydrogen) atoms.